The number of benzene rings is 3. The van der Waals surface area contributed by atoms with Crippen LogP contribution in [0.5, 0.6) is 0 Å². The van der Waals surface area contributed by atoms with Gasteiger partial charge in [-0.05, 0) is 35.9 Å². The predicted molar refractivity (Wildman–Crippen MR) is 121 cm³/mol. The number of hydrogen-bond acceptors (Lipinski definition) is 5. The molecular formula is C22H20FN3O4S2. The van der Waals surface area contributed by atoms with Crippen LogP contribution in [-0.4, -0.2) is 33.2 Å². The normalized spacial score (nSPS) is 16.6. The molecule has 0 amide bonds. The standard InChI is InChI=1S/C22H20FN3O4S2/c1-31(27,28)25-17-9-7-8-16(14-17)21-15-22(19-12-5-6-13-20(19)23)26(24-21)32(29,30)18-10-3-2-4-11-18/h2-14,22,25H,15H2,1H3. The van der Waals surface area contributed by atoms with Gasteiger partial charge in [0.05, 0.1) is 22.9 Å². The highest BCUT2D eigenvalue weighted by Crippen LogP contribution is 2.38. The number of nitrogens with zero attached hydrogens (tertiary/aromatic N) is 2. The molecule has 1 aliphatic rings. The molecule has 10 heteroatoms. The maximum Gasteiger partial charge on any atom is 0.279 e. The SMILES string of the molecule is CS(=O)(=O)Nc1cccc(C2=NN(S(=O)(=O)c3ccccc3)C(c3ccccc3F)C2)c1. The van der Waals surface area contributed by atoms with E-state index in [1.807, 2.05) is 0 Å². The Morgan fingerprint density at radius 3 is 2.31 bits per heavy atom. The number of rotatable bonds is 6. The van der Waals surface area contributed by atoms with E-state index in [1.54, 1.807) is 48.5 Å². The van der Waals surface area contributed by atoms with Gasteiger partial charge in [-0.15, -0.1) is 0 Å². The Bertz CT molecular complexity index is 1390. The summed E-state index contributed by atoms with van der Waals surface area (Å²) in [6.45, 7) is 0. The molecule has 0 radical (unpaired) electrons. The van der Waals surface area contributed by atoms with Gasteiger partial charge in [-0.1, -0.05) is 48.5 Å². The van der Waals surface area contributed by atoms with Gasteiger partial charge in [0.25, 0.3) is 10.0 Å². The number of sulfonamides is 2. The highest BCUT2D eigenvalue weighted by Gasteiger charge is 2.38. The lowest BCUT2D eigenvalue weighted by Crippen LogP contribution is -2.27. The molecule has 0 saturated carbocycles. The van der Waals surface area contributed by atoms with Crippen molar-refractivity contribution in [3.63, 3.8) is 0 Å². The van der Waals surface area contributed by atoms with Crippen LogP contribution < -0.4 is 4.72 Å². The summed E-state index contributed by atoms with van der Waals surface area (Å²) in [6, 6.07) is 19.4. The third-order valence-electron chi connectivity index (χ3n) is 4.92. The van der Waals surface area contributed by atoms with Crippen LogP contribution >= 0.6 is 0 Å². The Balaban J connectivity index is 1.80. The van der Waals surface area contributed by atoms with Crippen molar-refractivity contribution in [1.29, 1.82) is 0 Å². The number of nitrogens with one attached hydrogen (secondary N) is 1. The zero-order valence-electron chi connectivity index (χ0n) is 17.0. The number of hydrazone groups is 1. The summed E-state index contributed by atoms with van der Waals surface area (Å²) in [6.07, 6.45) is 1.16. The van der Waals surface area contributed by atoms with E-state index in [-0.39, 0.29) is 16.9 Å². The first kappa shape index (κ1) is 22.0. The molecule has 166 valence electrons. The van der Waals surface area contributed by atoms with Crippen molar-refractivity contribution in [2.24, 2.45) is 5.10 Å². The molecule has 32 heavy (non-hydrogen) atoms. The zero-order chi connectivity index (χ0) is 22.9. The quantitative estimate of drug-likeness (QED) is 0.590. The minimum Gasteiger partial charge on any atom is -0.284 e. The van der Waals surface area contributed by atoms with Crippen LogP contribution in [0.3, 0.4) is 0 Å². The maximum absolute atomic E-state index is 14.6. The van der Waals surface area contributed by atoms with Gasteiger partial charge in [-0.3, -0.25) is 4.72 Å². The van der Waals surface area contributed by atoms with Gasteiger partial charge in [0, 0.05) is 17.7 Å². The van der Waals surface area contributed by atoms with Crippen molar-refractivity contribution < 1.29 is 21.2 Å². The second-order valence-corrected chi connectivity index (χ2v) is 10.9. The second kappa shape index (κ2) is 8.36. The molecule has 0 saturated heterocycles. The van der Waals surface area contributed by atoms with Gasteiger partial charge in [0.1, 0.15) is 5.82 Å². The average Bonchev–Trinajstić information content (AvgIpc) is 3.20. The summed E-state index contributed by atoms with van der Waals surface area (Å²) in [5, 5.41) is 4.36. The van der Waals surface area contributed by atoms with E-state index in [1.165, 1.54) is 30.3 Å². The summed E-state index contributed by atoms with van der Waals surface area (Å²) in [7, 11) is -7.56. The van der Waals surface area contributed by atoms with Crippen molar-refractivity contribution in [1.82, 2.24) is 4.41 Å². The van der Waals surface area contributed by atoms with Crippen LogP contribution in [0, 0.1) is 5.82 Å². The van der Waals surface area contributed by atoms with E-state index < -0.39 is 31.9 Å². The molecule has 3 aromatic carbocycles. The van der Waals surface area contributed by atoms with Crippen LogP contribution in [0.4, 0.5) is 10.1 Å². The Labute approximate surface area is 186 Å². The van der Waals surface area contributed by atoms with Crippen LogP contribution in [0.25, 0.3) is 0 Å². The smallest absolute Gasteiger partial charge is 0.279 e. The lowest BCUT2D eigenvalue weighted by molar-refractivity contribution is 0.362. The van der Waals surface area contributed by atoms with Crippen molar-refractivity contribution in [3.8, 4) is 0 Å². The minimum atomic E-state index is -4.06. The van der Waals surface area contributed by atoms with Crippen molar-refractivity contribution >= 4 is 31.4 Å². The average molecular weight is 474 g/mol. The molecule has 0 fully saturated rings. The third kappa shape index (κ3) is 4.51. The molecule has 1 atom stereocenters. The lowest BCUT2D eigenvalue weighted by Gasteiger charge is -2.23. The highest BCUT2D eigenvalue weighted by atomic mass is 32.2. The van der Waals surface area contributed by atoms with Crippen LogP contribution in [0.2, 0.25) is 0 Å². The molecule has 1 heterocycles. The highest BCUT2D eigenvalue weighted by molar-refractivity contribution is 7.92. The fourth-order valence-corrected chi connectivity index (χ4v) is 5.54. The molecule has 1 N–H and O–H groups in total. The molecule has 0 bridgehead atoms. The maximum atomic E-state index is 14.6. The third-order valence-corrected chi connectivity index (χ3v) is 7.23. The first-order valence-electron chi connectivity index (χ1n) is 9.65. The Morgan fingerprint density at radius 2 is 1.62 bits per heavy atom. The molecule has 0 aromatic heterocycles. The summed E-state index contributed by atoms with van der Waals surface area (Å²) in [5.41, 5.74) is 1.45. The Hall–Kier alpha value is -3.24. The van der Waals surface area contributed by atoms with Crippen LogP contribution in [0.15, 0.2) is 88.9 Å². The first-order valence-corrected chi connectivity index (χ1v) is 13.0. The summed E-state index contributed by atoms with van der Waals surface area (Å²) >= 11 is 0. The Kier molecular flexibility index (Phi) is 5.74. The van der Waals surface area contributed by atoms with Crippen LogP contribution in [0.1, 0.15) is 23.6 Å². The second-order valence-electron chi connectivity index (χ2n) is 7.33. The monoisotopic (exact) mass is 473 g/mol. The fraction of sp³-hybridized carbons (Fsp3) is 0.136. The van der Waals surface area contributed by atoms with Gasteiger partial charge >= 0.3 is 0 Å². The fourth-order valence-electron chi connectivity index (χ4n) is 3.54. The van der Waals surface area contributed by atoms with Crippen LogP contribution in [-0.2, 0) is 20.0 Å². The topological polar surface area (TPSA) is 95.9 Å². The molecule has 1 unspecified atom stereocenters. The molecule has 0 aliphatic carbocycles. The van der Waals surface area contributed by atoms with Gasteiger partial charge in [0.15, 0.2) is 0 Å². The number of anilines is 1. The summed E-state index contributed by atoms with van der Waals surface area (Å²) < 4.78 is 67.8. The van der Waals surface area contributed by atoms with E-state index in [9.17, 15) is 21.2 Å². The number of hydrogen-bond donors (Lipinski definition) is 1. The molecule has 0 spiro atoms. The van der Waals surface area contributed by atoms with E-state index in [2.05, 4.69) is 9.82 Å². The van der Waals surface area contributed by atoms with E-state index in [0.29, 0.717) is 17.0 Å². The summed E-state index contributed by atoms with van der Waals surface area (Å²) in [4.78, 5) is 0.0406. The van der Waals surface area contributed by atoms with E-state index in [0.717, 1.165) is 10.7 Å². The van der Waals surface area contributed by atoms with Gasteiger partial charge in [-0.2, -0.15) is 17.9 Å². The predicted octanol–water partition coefficient (Wildman–Crippen LogP) is 3.74. The minimum absolute atomic E-state index is 0.0406. The van der Waals surface area contributed by atoms with Crippen molar-refractivity contribution in [2.45, 2.75) is 17.4 Å². The molecular weight excluding hydrogens is 453 g/mol. The molecule has 1 aliphatic heterocycles. The van der Waals surface area contributed by atoms with Gasteiger partial charge < -0.3 is 0 Å². The van der Waals surface area contributed by atoms with Crippen molar-refractivity contribution in [2.75, 3.05) is 11.0 Å². The largest absolute Gasteiger partial charge is 0.284 e. The molecule has 7 nitrogen and oxygen atoms in total. The van der Waals surface area contributed by atoms with Crippen molar-refractivity contribution in [3.05, 3.63) is 95.8 Å². The van der Waals surface area contributed by atoms with E-state index in [4.69, 9.17) is 0 Å². The zero-order valence-corrected chi connectivity index (χ0v) is 18.6. The van der Waals surface area contributed by atoms with Gasteiger partial charge in [0.2, 0.25) is 10.0 Å². The summed E-state index contributed by atoms with van der Waals surface area (Å²) in [5.74, 6) is -0.533. The Morgan fingerprint density at radius 1 is 0.938 bits per heavy atom. The lowest BCUT2D eigenvalue weighted by atomic mass is 9.98. The molecule has 3 aromatic rings. The molecule has 4 rings (SSSR count). The first-order chi connectivity index (χ1) is 15.1. The van der Waals surface area contributed by atoms with E-state index >= 15 is 0 Å². The number of halogens is 1. The van der Waals surface area contributed by atoms with Gasteiger partial charge in [-0.25, -0.2) is 12.8 Å².